The molecule has 0 fully saturated rings. The normalized spacial score (nSPS) is 12.9. The van der Waals surface area contributed by atoms with Crippen LogP contribution in [0.3, 0.4) is 0 Å². The van der Waals surface area contributed by atoms with Gasteiger partial charge in [0.15, 0.2) is 5.13 Å². The molecular weight excluding hydrogens is 438 g/mol. The first kappa shape index (κ1) is 21.2. The number of carbonyl (C=O) groups excluding carboxylic acids is 3. The minimum Gasteiger partial charge on any atom is -0.385 e. The van der Waals surface area contributed by atoms with Crippen molar-refractivity contribution in [1.29, 1.82) is 0 Å². The highest BCUT2D eigenvalue weighted by atomic mass is 35.5. The highest BCUT2D eigenvalue weighted by Gasteiger charge is 2.35. The number of aromatic nitrogens is 1. The lowest BCUT2D eigenvalue weighted by Crippen LogP contribution is -2.31. The van der Waals surface area contributed by atoms with Gasteiger partial charge in [0.1, 0.15) is 0 Å². The molecule has 7 nitrogen and oxygen atoms in total. The second-order valence-electron chi connectivity index (χ2n) is 6.87. The van der Waals surface area contributed by atoms with Crippen LogP contribution in [-0.4, -0.2) is 47.9 Å². The number of amides is 3. The van der Waals surface area contributed by atoms with Crippen LogP contribution >= 0.6 is 22.9 Å². The van der Waals surface area contributed by atoms with Crippen LogP contribution in [0.1, 0.15) is 37.5 Å². The van der Waals surface area contributed by atoms with Crippen LogP contribution in [-0.2, 0) is 4.74 Å². The van der Waals surface area contributed by atoms with E-state index in [1.165, 1.54) is 34.4 Å². The van der Waals surface area contributed by atoms with Crippen molar-refractivity contribution < 1.29 is 19.1 Å². The maximum absolute atomic E-state index is 12.7. The summed E-state index contributed by atoms with van der Waals surface area (Å²) in [6, 6.07) is 11.8. The zero-order valence-electron chi connectivity index (χ0n) is 16.6. The number of imide groups is 1. The van der Waals surface area contributed by atoms with E-state index >= 15 is 0 Å². The molecule has 0 saturated heterocycles. The third-order valence-electron chi connectivity index (χ3n) is 4.83. The monoisotopic (exact) mass is 455 g/mol. The summed E-state index contributed by atoms with van der Waals surface area (Å²) in [7, 11) is 1.56. The fraction of sp³-hybridized carbons (Fsp3) is 0.182. The number of fused-ring (bicyclic) bond motifs is 1. The molecule has 0 atom stereocenters. The molecule has 0 spiro atoms. The predicted molar refractivity (Wildman–Crippen MR) is 119 cm³/mol. The molecule has 1 aliphatic rings. The van der Waals surface area contributed by atoms with Crippen molar-refractivity contribution in [3.63, 3.8) is 0 Å². The first-order valence-corrected chi connectivity index (χ1v) is 10.8. The lowest BCUT2D eigenvalue weighted by atomic mass is 10.1. The summed E-state index contributed by atoms with van der Waals surface area (Å²) in [5, 5.41) is 5.64. The van der Waals surface area contributed by atoms with Gasteiger partial charge in [0.05, 0.1) is 16.8 Å². The van der Waals surface area contributed by atoms with Gasteiger partial charge in [0.25, 0.3) is 17.7 Å². The number of halogens is 1. The van der Waals surface area contributed by atoms with Gasteiger partial charge >= 0.3 is 0 Å². The quantitative estimate of drug-likeness (QED) is 0.422. The Morgan fingerprint density at radius 2 is 1.87 bits per heavy atom. The number of hydrogen-bond acceptors (Lipinski definition) is 6. The first-order valence-electron chi connectivity index (χ1n) is 9.50. The molecule has 2 heterocycles. The molecule has 1 aliphatic heterocycles. The third-order valence-corrected chi connectivity index (χ3v) is 5.84. The van der Waals surface area contributed by atoms with Gasteiger partial charge < -0.3 is 4.74 Å². The van der Waals surface area contributed by atoms with Crippen molar-refractivity contribution in [1.82, 2.24) is 9.88 Å². The number of thiazole rings is 1. The number of nitrogens with zero attached hydrogens (tertiary/aromatic N) is 2. The molecule has 0 aliphatic carbocycles. The SMILES string of the molecule is COCCCN1C(=O)c2ccc(C(=O)Nc3nc(-c4ccc(Cl)cc4)cs3)cc2C1=O. The van der Waals surface area contributed by atoms with E-state index in [2.05, 4.69) is 10.3 Å². The van der Waals surface area contributed by atoms with Crippen LogP contribution in [0, 0.1) is 0 Å². The fourth-order valence-corrected chi connectivity index (χ4v) is 4.10. The van der Waals surface area contributed by atoms with Crippen molar-refractivity contribution in [2.24, 2.45) is 0 Å². The molecule has 158 valence electrons. The molecule has 0 saturated carbocycles. The van der Waals surface area contributed by atoms with Gasteiger partial charge in [-0.05, 0) is 36.8 Å². The summed E-state index contributed by atoms with van der Waals surface area (Å²) in [5.41, 5.74) is 2.42. The molecule has 9 heteroatoms. The van der Waals surface area contributed by atoms with E-state index in [9.17, 15) is 14.4 Å². The van der Waals surface area contributed by atoms with Gasteiger partial charge in [-0.3, -0.25) is 24.6 Å². The molecular formula is C22H18ClN3O4S. The molecule has 3 amide bonds. The third kappa shape index (κ3) is 4.36. The highest BCUT2D eigenvalue weighted by molar-refractivity contribution is 7.14. The van der Waals surface area contributed by atoms with Gasteiger partial charge in [-0.1, -0.05) is 23.7 Å². The van der Waals surface area contributed by atoms with Crippen molar-refractivity contribution in [2.75, 3.05) is 25.6 Å². The molecule has 0 bridgehead atoms. The van der Waals surface area contributed by atoms with Gasteiger partial charge in [-0.25, -0.2) is 4.98 Å². The number of carbonyl (C=O) groups is 3. The van der Waals surface area contributed by atoms with Crippen molar-refractivity contribution >= 4 is 45.8 Å². The Bertz CT molecular complexity index is 1160. The van der Waals surface area contributed by atoms with Gasteiger partial charge in [0, 0.05) is 41.8 Å². The van der Waals surface area contributed by atoms with E-state index in [-0.39, 0.29) is 23.6 Å². The van der Waals surface area contributed by atoms with Gasteiger partial charge in [-0.2, -0.15) is 0 Å². The molecule has 31 heavy (non-hydrogen) atoms. The lowest BCUT2D eigenvalue weighted by Gasteiger charge is -2.12. The standard InChI is InChI=1S/C22H18ClN3O4S/c1-30-10-2-9-26-20(28)16-8-5-14(11-17(16)21(26)29)19(27)25-22-24-18(12-31-22)13-3-6-15(23)7-4-13/h3-8,11-12H,2,9-10H2,1H3,(H,24,25,27). The minimum absolute atomic E-state index is 0.232. The van der Waals surface area contributed by atoms with Crippen LogP contribution in [0.25, 0.3) is 11.3 Å². The fourth-order valence-electron chi connectivity index (χ4n) is 3.26. The lowest BCUT2D eigenvalue weighted by molar-refractivity contribution is 0.0638. The topological polar surface area (TPSA) is 88.6 Å². The highest BCUT2D eigenvalue weighted by Crippen LogP contribution is 2.27. The van der Waals surface area contributed by atoms with E-state index in [4.69, 9.17) is 16.3 Å². The number of methoxy groups -OCH3 is 1. The zero-order chi connectivity index (χ0) is 22.0. The maximum atomic E-state index is 12.7. The van der Waals surface area contributed by atoms with Crippen molar-refractivity contribution in [3.05, 3.63) is 69.6 Å². The number of hydrogen-bond donors (Lipinski definition) is 1. The molecule has 0 unspecified atom stereocenters. The number of benzene rings is 2. The Labute approximate surface area is 187 Å². The van der Waals surface area contributed by atoms with Crippen molar-refractivity contribution in [2.45, 2.75) is 6.42 Å². The second kappa shape index (κ2) is 8.97. The van der Waals surface area contributed by atoms with Crippen LogP contribution in [0.4, 0.5) is 5.13 Å². The zero-order valence-corrected chi connectivity index (χ0v) is 18.1. The Kier molecular flexibility index (Phi) is 6.13. The average molecular weight is 456 g/mol. The Morgan fingerprint density at radius 3 is 2.61 bits per heavy atom. The average Bonchev–Trinajstić information content (AvgIpc) is 3.32. The van der Waals surface area contributed by atoms with E-state index in [0.717, 1.165) is 11.3 Å². The molecule has 0 radical (unpaired) electrons. The van der Waals surface area contributed by atoms with Gasteiger partial charge in [-0.15, -0.1) is 11.3 Å². The van der Waals surface area contributed by atoms with Crippen LogP contribution in [0.15, 0.2) is 47.8 Å². The molecule has 2 aromatic carbocycles. The summed E-state index contributed by atoms with van der Waals surface area (Å²) in [6.07, 6.45) is 0.551. The number of anilines is 1. The summed E-state index contributed by atoms with van der Waals surface area (Å²) in [6.45, 7) is 0.723. The summed E-state index contributed by atoms with van der Waals surface area (Å²) in [4.78, 5) is 43.4. The number of rotatable bonds is 7. The maximum Gasteiger partial charge on any atom is 0.261 e. The molecule has 1 N–H and O–H groups in total. The first-order chi connectivity index (χ1) is 15.0. The van der Waals surface area contributed by atoms with E-state index < -0.39 is 11.8 Å². The van der Waals surface area contributed by atoms with Crippen LogP contribution in [0.5, 0.6) is 0 Å². The predicted octanol–water partition coefficient (Wildman–Crippen LogP) is 4.35. The van der Waals surface area contributed by atoms with E-state index in [1.807, 2.05) is 17.5 Å². The van der Waals surface area contributed by atoms with Crippen molar-refractivity contribution in [3.8, 4) is 11.3 Å². The Morgan fingerprint density at radius 1 is 1.13 bits per heavy atom. The largest absolute Gasteiger partial charge is 0.385 e. The summed E-state index contributed by atoms with van der Waals surface area (Å²) in [5.74, 6) is -1.15. The van der Waals surface area contributed by atoms with E-state index in [1.54, 1.807) is 19.2 Å². The number of ether oxygens (including phenoxy) is 1. The molecule has 3 aromatic rings. The summed E-state index contributed by atoms with van der Waals surface area (Å²) < 4.78 is 4.98. The summed E-state index contributed by atoms with van der Waals surface area (Å²) >= 11 is 7.21. The second-order valence-corrected chi connectivity index (χ2v) is 8.16. The van der Waals surface area contributed by atoms with E-state index in [0.29, 0.717) is 28.7 Å². The molecule has 1 aromatic heterocycles. The Hall–Kier alpha value is -3.07. The number of nitrogens with one attached hydrogen (secondary N) is 1. The smallest absolute Gasteiger partial charge is 0.261 e. The van der Waals surface area contributed by atoms with Crippen LogP contribution < -0.4 is 5.32 Å². The Balaban J connectivity index is 1.48. The molecule has 4 rings (SSSR count). The van der Waals surface area contributed by atoms with Crippen LogP contribution in [0.2, 0.25) is 5.02 Å². The minimum atomic E-state index is -0.405. The van der Waals surface area contributed by atoms with Gasteiger partial charge in [0.2, 0.25) is 0 Å².